The van der Waals surface area contributed by atoms with E-state index >= 15 is 0 Å². The maximum Gasteiger partial charge on any atom is 0.302 e. The molecule has 1 heterocycles. The third-order valence-electron chi connectivity index (χ3n) is 1.76. The molecule has 0 aromatic carbocycles. The molecule has 64 valence electrons. The van der Waals surface area contributed by atoms with Gasteiger partial charge in [-0.2, -0.15) is 8.78 Å². The molecule has 0 amide bonds. The average molecular weight is 164 g/mol. The van der Waals surface area contributed by atoms with Gasteiger partial charge >= 0.3 is 5.92 Å². The van der Waals surface area contributed by atoms with Crippen molar-refractivity contribution >= 4 is 6.29 Å². The van der Waals surface area contributed by atoms with E-state index in [9.17, 15) is 13.6 Å². The van der Waals surface area contributed by atoms with Crippen LogP contribution in [0.1, 0.15) is 12.8 Å². The Labute approximate surface area is 63.5 Å². The minimum absolute atomic E-state index is 0.143. The lowest BCUT2D eigenvalue weighted by Gasteiger charge is -2.12. The molecule has 1 atom stereocenters. The second-order valence-electron chi connectivity index (χ2n) is 2.81. The summed E-state index contributed by atoms with van der Waals surface area (Å²) < 4.78 is 29.7. The SMILES string of the molecule is O=CC(F)(F)CC1CCOC1. The molecule has 2 nitrogen and oxygen atoms in total. The summed E-state index contributed by atoms with van der Waals surface area (Å²) in [6.45, 7) is 0.906. The van der Waals surface area contributed by atoms with E-state index in [1.165, 1.54) is 0 Å². The van der Waals surface area contributed by atoms with Gasteiger partial charge in [0, 0.05) is 19.6 Å². The molecule has 0 saturated carbocycles. The summed E-state index contributed by atoms with van der Waals surface area (Å²) in [7, 11) is 0. The van der Waals surface area contributed by atoms with Crippen LogP contribution >= 0.6 is 0 Å². The number of ether oxygens (including phenoxy) is 1. The maximum atomic E-state index is 12.4. The van der Waals surface area contributed by atoms with E-state index in [2.05, 4.69) is 0 Å². The van der Waals surface area contributed by atoms with Crippen LogP contribution in [0.5, 0.6) is 0 Å². The quantitative estimate of drug-likeness (QED) is 0.587. The van der Waals surface area contributed by atoms with Gasteiger partial charge in [-0.3, -0.25) is 4.79 Å². The Hall–Kier alpha value is -0.510. The smallest absolute Gasteiger partial charge is 0.302 e. The number of aldehydes is 1. The first-order valence-electron chi connectivity index (χ1n) is 3.56. The molecule has 0 aromatic rings. The lowest BCUT2D eigenvalue weighted by molar-refractivity contribution is -0.131. The summed E-state index contributed by atoms with van der Waals surface area (Å²) in [4.78, 5) is 9.82. The minimum atomic E-state index is -3.15. The summed E-state index contributed by atoms with van der Waals surface area (Å²) in [5.74, 6) is -3.30. The molecule has 1 rings (SSSR count). The fourth-order valence-corrected chi connectivity index (χ4v) is 1.18. The molecular weight excluding hydrogens is 154 g/mol. The van der Waals surface area contributed by atoms with Crippen molar-refractivity contribution in [3.8, 4) is 0 Å². The number of carbonyl (C=O) groups is 1. The van der Waals surface area contributed by atoms with Crippen LogP contribution in [0.15, 0.2) is 0 Å². The van der Waals surface area contributed by atoms with Crippen LogP contribution in [-0.2, 0) is 9.53 Å². The Kier molecular flexibility index (Phi) is 2.54. The normalized spacial score (nSPS) is 25.5. The molecule has 0 bridgehead atoms. The van der Waals surface area contributed by atoms with Crippen molar-refractivity contribution in [2.24, 2.45) is 5.92 Å². The van der Waals surface area contributed by atoms with Gasteiger partial charge < -0.3 is 4.74 Å². The Morgan fingerprint density at radius 3 is 2.82 bits per heavy atom. The zero-order valence-corrected chi connectivity index (χ0v) is 6.06. The molecule has 1 unspecified atom stereocenters. The predicted octanol–water partition coefficient (Wildman–Crippen LogP) is 1.25. The molecule has 1 saturated heterocycles. The van der Waals surface area contributed by atoms with Crippen LogP contribution in [0.4, 0.5) is 8.78 Å². The third-order valence-corrected chi connectivity index (χ3v) is 1.76. The molecule has 0 N–H and O–H groups in total. The van der Waals surface area contributed by atoms with E-state index in [1.807, 2.05) is 0 Å². The van der Waals surface area contributed by atoms with E-state index in [0.29, 0.717) is 19.6 Å². The van der Waals surface area contributed by atoms with Crippen LogP contribution < -0.4 is 0 Å². The van der Waals surface area contributed by atoms with Gasteiger partial charge in [-0.05, 0) is 12.3 Å². The van der Waals surface area contributed by atoms with E-state index < -0.39 is 5.92 Å². The van der Waals surface area contributed by atoms with Crippen LogP contribution in [0, 0.1) is 5.92 Å². The number of halogens is 2. The summed E-state index contributed by atoms with van der Waals surface area (Å²) >= 11 is 0. The van der Waals surface area contributed by atoms with Crippen molar-refractivity contribution in [2.45, 2.75) is 18.8 Å². The average Bonchev–Trinajstić information content (AvgIpc) is 2.39. The lowest BCUT2D eigenvalue weighted by Crippen LogP contribution is -2.22. The van der Waals surface area contributed by atoms with Gasteiger partial charge in [0.05, 0.1) is 0 Å². The van der Waals surface area contributed by atoms with E-state index in [4.69, 9.17) is 4.74 Å². The van der Waals surface area contributed by atoms with Gasteiger partial charge in [-0.1, -0.05) is 0 Å². The number of hydrogen-bond acceptors (Lipinski definition) is 2. The monoisotopic (exact) mass is 164 g/mol. The Bertz CT molecular complexity index is 141. The topological polar surface area (TPSA) is 26.3 Å². The Balaban J connectivity index is 2.33. The number of hydrogen-bond donors (Lipinski definition) is 0. The summed E-state index contributed by atoms with van der Waals surface area (Å²) in [6.07, 6.45) is -0.00868. The largest absolute Gasteiger partial charge is 0.381 e. The fourth-order valence-electron chi connectivity index (χ4n) is 1.18. The van der Waals surface area contributed by atoms with Crippen molar-refractivity contribution in [2.75, 3.05) is 13.2 Å². The highest BCUT2D eigenvalue weighted by atomic mass is 19.3. The summed E-state index contributed by atoms with van der Waals surface area (Å²) in [6, 6.07) is 0. The first-order chi connectivity index (χ1) is 5.14. The van der Waals surface area contributed by atoms with E-state index in [0.717, 1.165) is 0 Å². The van der Waals surface area contributed by atoms with Gasteiger partial charge in [-0.25, -0.2) is 0 Å². The molecule has 1 fully saturated rings. The van der Waals surface area contributed by atoms with Crippen LogP contribution in [-0.4, -0.2) is 25.4 Å². The first kappa shape index (κ1) is 8.59. The Morgan fingerprint density at radius 1 is 1.64 bits per heavy atom. The van der Waals surface area contributed by atoms with Gasteiger partial charge in [0.15, 0.2) is 6.29 Å². The standard InChI is InChI=1S/C7H10F2O2/c8-7(9,5-10)3-6-1-2-11-4-6/h5-6H,1-4H2. The van der Waals surface area contributed by atoms with Gasteiger partial charge in [0.2, 0.25) is 0 Å². The Morgan fingerprint density at radius 2 is 2.36 bits per heavy atom. The molecular formula is C7H10F2O2. The molecule has 1 aliphatic rings. The van der Waals surface area contributed by atoms with Crippen molar-refractivity contribution in [1.29, 1.82) is 0 Å². The molecule has 0 aliphatic carbocycles. The molecule has 11 heavy (non-hydrogen) atoms. The zero-order chi connectivity index (χ0) is 8.32. The van der Waals surface area contributed by atoms with Crippen molar-refractivity contribution in [3.05, 3.63) is 0 Å². The summed E-state index contributed by atoms with van der Waals surface area (Å²) in [5.41, 5.74) is 0. The highest BCUT2D eigenvalue weighted by molar-refractivity contribution is 5.59. The van der Waals surface area contributed by atoms with E-state index in [1.54, 1.807) is 0 Å². The lowest BCUT2D eigenvalue weighted by atomic mass is 10.0. The van der Waals surface area contributed by atoms with Crippen LogP contribution in [0.2, 0.25) is 0 Å². The molecule has 1 aliphatic heterocycles. The zero-order valence-electron chi connectivity index (χ0n) is 6.06. The van der Waals surface area contributed by atoms with E-state index in [-0.39, 0.29) is 18.6 Å². The maximum absolute atomic E-state index is 12.4. The highest BCUT2D eigenvalue weighted by Gasteiger charge is 2.33. The third kappa shape index (κ3) is 2.54. The first-order valence-corrected chi connectivity index (χ1v) is 3.56. The molecule has 0 spiro atoms. The minimum Gasteiger partial charge on any atom is -0.381 e. The molecule has 0 aromatic heterocycles. The number of carbonyl (C=O) groups excluding carboxylic acids is 1. The number of alkyl halides is 2. The van der Waals surface area contributed by atoms with Crippen LogP contribution in [0.3, 0.4) is 0 Å². The summed E-state index contributed by atoms with van der Waals surface area (Å²) in [5, 5.41) is 0. The van der Waals surface area contributed by atoms with Gasteiger partial charge in [0.25, 0.3) is 0 Å². The predicted molar refractivity (Wildman–Crippen MR) is 34.6 cm³/mol. The van der Waals surface area contributed by atoms with Crippen LogP contribution in [0.25, 0.3) is 0 Å². The van der Waals surface area contributed by atoms with Crippen molar-refractivity contribution in [1.82, 2.24) is 0 Å². The highest BCUT2D eigenvalue weighted by Crippen LogP contribution is 2.26. The second-order valence-corrected chi connectivity index (χ2v) is 2.81. The molecule has 0 radical (unpaired) electrons. The van der Waals surface area contributed by atoms with Crippen molar-refractivity contribution < 1.29 is 18.3 Å². The fraction of sp³-hybridized carbons (Fsp3) is 0.857. The molecule has 4 heteroatoms. The van der Waals surface area contributed by atoms with Gasteiger partial charge in [-0.15, -0.1) is 0 Å². The number of rotatable bonds is 3. The second kappa shape index (κ2) is 3.26. The van der Waals surface area contributed by atoms with Crippen molar-refractivity contribution in [3.63, 3.8) is 0 Å². The van der Waals surface area contributed by atoms with Gasteiger partial charge in [0.1, 0.15) is 0 Å².